The molecule has 80 valence electrons. The lowest BCUT2D eigenvalue weighted by molar-refractivity contribution is -0.131. The Kier molecular flexibility index (Phi) is 4.59. The van der Waals surface area contributed by atoms with Gasteiger partial charge in [-0.3, -0.25) is 4.90 Å². The highest BCUT2D eigenvalue weighted by Gasteiger charge is 2.20. The SMILES string of the molecule is O=C(O)/C=C/CCN1CCCCC1F. The second-order valence-electron chi connectivity index (χ2n) is 3.50. The molecule has 1 atom stereocenters. The summed E-state index contributed by atoms with van der Waals surface area (Å²) >= 11 is 0. The number of carboxylic acid groups (broad SMARTS) is 1. The predicted octanol–water partition coefficient (Wildman–Crippen LogP) is 1.80. The van der Waals surface area contributed by atoms with Gasteiger partial charge in [-0.2, -0.15) is 0 Å². The molecule has 0 radical (unpaired) electrons. The molecule has 1 fully saturated rings. The fourth-order valence-corrected chi connectivity index (χ4v) is 1.63. The third-order valence-electron chi connectivity index (χ3n) is 2.38. The van der Waals surface area contributed by atoms with E-state index in [9.17, 15) is 9.18 Å². The maximum atomic E-state index is 13.2. The molecule has 1 saturated heterocycles. The lowest BCUT2D eigenvalue weighted by Crippen LogP contribution is -2.36. The topological polar surface area (TPSA) is 40.5 Å². The highest BCUT2D eigenvalue weighted by molar-refractivity contribution is 5.79. The first-order valence-corrected chi connectivity index (χ1v) is 4.98. The number of carboxylic acids is 1. The molecule has 0 aliphatic carbocycles. The number of alkyl halides is 1. The number of rotatable bonds is 4. The van der Waals surface area contributed by atoms with Crippen LogP contribution in [0.3, 0.4) is 0 Å². The first-order valence-electron chi connectivity index (χ1n) is 4.98. The summed E-state index contributed by atoms with van der Waals surface area (Å²) in [6, 6.07) is 0. The van der Waals surface area contributed by atoms with Crippen LogP contribution in [-0.2, 0) is 4.79 Å². The molecule has 3 nitrogen and oxygen atoms in total. The third-order valence-corrected chi connectivity index (χ3v) is 2.38. The molecule has 1 N–H and O–H groups in total. The molecule has 0 bridgehead atoms. The number of hydrogen-bond donors (Lipinski definition) is 1. The fraction of sp³-hybridized carbons (Fsp3) is 0.700. The predicted molar refractivity (Wildman–Crippen MR) is 51.7 cm³/mol. The summed E-state index contributed by atoms with van der Waals surface area (Å²) < 4.78 is 13.2. The monoisotopic (exact) mass is 201 g/mol. The molecule has 1 rings (SSSR count). The smallest absolute Gasteiger partial charge is 0.327 e. The van der Waals surface area contributed by atoms with Crippen molar-refractivity contribution in [1.29, 1.82) is 0 Å². The number of aliphatic carboxylic acids is 1. The van der Waals surface area contributed by atoms with Gasteiger partial charge in [0, 0.05) is 19.2 Å². The summed E-state index contributed by atoms with van der Waals surface area (Å²) in [5.74, 6) is -0.944. The molecular weight excluding hydrogens is 185 g/mol. The van der Waals surface area contributed by atoms with Crippen LogP contribution in [0.2, 0.25) is 0 Å². The summed E-state index contributed by atoms with van der Waals surface area (Å²) in [5, 5.41) is 8.33. The molecule has 0 aromatic heterocycles. The highest BCUT2D eigenvalue weighted by atomic mass is 19.1. The van der Waals surface area contributed by atoms with Crippen molar-refractivity contribution in [3.05, 3.63) is 12.2 Å². The van der Waals surface area contributed by atoms with E-state index in [1.807, 2.05) is 0 Å². The molecule has 14 heavy (non-hydrogen) atoms. The number of halogens is 1. The summed E-state index contributed by atoms with van der Waals surface area (Å²) in [6.45, 7) is 1.41. The van der Waals surface area contributed by atoms with Crippen LogP contribution in [-0.4, -0.2) is 35.4 Å². The van der Waals surface area contributed by atoms with Crippen molar-refractivity contribution < 1.29 is 14.3 Å². The van der Waals surface area contributed by atoms with E-state index in [1.54, 1.807) is 11.0 Å². The van der Waals surface area contributed by atoms with Gasteiger partial charge < -0.3 is 5.11 Å². The zero-order valence-electron chi connectivity index (χ0n) is 8.16. The Hall–Kier alpha value is -0.900. The van der Waals surface area contributed by atoms with Crippen molar-refractivity contribution in [3.8, 4) is 0 Å². The molecule has 0 aromatic rings. The fourth-order valence-electron chi connectivity index (χ4n) is 1.63. The molecular formula is C10H16FNO2. The minimum absolute atomic E-state index is 0.604. The van der Waals surface area contributed by atoms with Gasteiger partial charge in [0.05, 0.1) is 0 Å². The van der Waals surface area contributed by atoms with E-state index in [0.717, 1.165) is 25.5 Å². The maximum Gasteiger partial charge on any atom is 0.327 e. The average molecular weight is 201 g/mol. The van der Waals surface area contributed by atoms with Crippen molar-refractivity contribution in [1.82, 2.24) is 4.90 Å². The summed E-state index contributed by atoms with van der Waals surface area (Å²) in [7, 11) is 0. The zero-order chi connectivity index (χ0) is 10.4. The Morgan fingerprint density at radius 1 is 1.57 bits per heavy atom. The van der Waals surface area contributed by atoms with Crippen LogP contribution in [0.15, 0.2) is 12.2 Å². The number of carbonyl (C=O) groups is 1. The number of hydrogen-bond acceptors (Lipinski definition) is 2. The highest BCUT2D eigenvalue weighted by Crippen LogP contribution is 2.17. The number of piperidine rings is 1. The number of likely N-dealkylation sites (tertiary alicyclic amines) is 1. The van der Waals surface area contributed by atoms with Gasteiger partial charge in [0.2, 0.25) is 0 Å². The first kappa shape index (κ1) is 11.2. The Morgan fingerprint density at radius 2 is 2.36 bits per heavy atom. The van der Waals surface area contributed by atoms with Gasteiger partial charge in [-0.05, 0) is 25.7 Å². The Balaban J connectivity index is 2.19. The molecule has 0 aromatic carbocycles. The van der Waals surface area contributed by atoms with E-state index in [2.05, 4.69) is 0 Å². The minimum atomic E-state index is -0.944. The van der Waals surface area contributed by atoms with E-state index in [1.165, 1.54) is 0 Å². The van der Waals surface area contributed by atoms with Crippen LogP contribution in [0.4, 0.5) is 4.39 Å². The van der Waals surface area contributed by atoms with Crippen LogP contribution in [0, 0.1) is 0 Å². The van der Waals surface area contributed by atoms with Gasteiger partial charge in [0.15, 0.2) is 6.30 Å². The zero-order valence-corrected chi connectivity index (χ0v) is 8.16. The first-order chi connectivity index (χ1) is 6.70. The summed E-state index contributed by atoms with van der Waals surface area (Å²) in [4.78, 5) is 11.9. The van der Waals surface area contributed by atoms with E-state index in [-0.39, 0.29) is 0 Å². The molecule has 1 aliphatic rings. The summed E-state index contributed by atoms with van der Waals surface area (Å²) in [6.07, 6.45) is 5.07. The van der Waals surface area contributed by atoms with E-state index < -0.39 is 12.3 Å². The maximum absolute atomic E-state index is 13.2. The van der Waals surface area contributed by atoms with Crippen LogP contribution in [0.1, 0.15) is 25.7 Å². The van der Waals surface area contributed by atoms with Crippen LogP contribution >= 0.6 is 0 Å². The third kappa shape index (κ3) is 3.87. The van der Waals surface area contributed by atoms with Crippen LogP contribution < -0.4 is 0 Å². The molecule has 1 unspecified atom stereocenters. The quantitative estimate of drug-likeness (QED) is 0.557. The lowest BCUT2D eigenvalue weighted by atomic mass is 10.1. The molecule has 4 heteroatoms. The largest absolute Gasteiger partial charge is 0.478 e. The Labute approximate surface area is 83.2 Å². The molecule has 1 aliphatic heterocycles. The normalized spacial score (nSPS) is 24.2. The van der Waals surface area contributed by atoms with Gasteiger partial charge in [-0.1, -0.05) is 6.08 Å². The van der Waals surface area contributed by atoms with Crippen molar-refractivity contribution in [2.45, 2.75) is 32.0 Å². The number of nitrogens with zero attached hydrogens (tertiary/aromatic N) is 1. The van der Waals surface area contributed by atoms with Crippen molar-refractivity contribution in [3.63, 3.8) is 0 Å². The minimum Gasteiger partial charge on any atom is -0.478 e. The van der Waals surface area contributed by atoms with E-state index >= 15 is 0 Å². The van der Waals surface area contributed by atoms with Gasteiger partial charge in [0.25, 0.3) is 0 Å². The van der Waals surface area contributed by atoms with Gasteiger partial charge >= 0.3 is 5.97 Å². The molecule has 1 heterocycles. The van der Waals surface area contributed by atoms with Crippen LogP contribution in [0.5, 0.6) is 0 Å². The molecule has 0 amide bonds. The van der Waals surface area contributed by atoms with Gasteiger partial charge in [0.1, 0.15) is 0 Å². The molecule has 0 spiro atoms. The van der Waals surface area contributed by atoms with E-state index in [4.69, 9.17) is 5.11 Å². The van der Waals surface area contributed by atoms with E-state index in [0.29, 0.717) is 19.4 Å². The standard InChI is InChI=1S/C10H16FNO2/c11-9-5-1-3-7-12(9)8-4-2-6-10(13)14/h2,6,9H,1,3-5,7-8H2,(H,13,14)/b6-2+. The van der Waals surface area contributed by atoms with Crippen molar-refractivity contribution >= 4 is 5.97 Å². The lowest BCUT2D eigenvalue weighted by Gasteiger charge is -2.29. The second-order valence-corrected chi connectivity index (χ2v) is 3.50. The van der Waals surface area contributed by atoms with Gasteiger partial charge in [-0.15, -0.1) is 0 Å². The Bertz CT molecular complexity index is 218. The second kappa shape index (κ2) is 5.75. The Morgan fingerprint density at radius 3 is 3.00 bits per heavy atom. The average Bonchev–Trinajstić information content (AvgIpc) is 2.15. The molecule has 0 saturated carbocycles. The van der Waals surface area contributed by atoms with Crippen molar-refractivity contribution in [2.75, 3.05) is 13.1 Å². The van der Waals surface area contributed by atoms with Crippen LogP contribution in [0.25, 0.3) is 0 Å². The van der Waals surface area contributed by atoms with Gasteiger partial charge in [-0.25, -0.2) is 9.18 Å². The van der Waals surface area contributed by atoms with Crippen molar-refractivity contribution in [2.24, 2.45) is 0 Å². The summed E-state index contributed by atoms with van der Waals surface area (Å²) in [5.41, 5.74) is 0.